The molecule has 0 unspecified atom stereocenters. The first-order chi connectivity index (χ1) is 7.84. The summed E-state index contributed by atoms with van der Waals surface area (Å²) in [5, 5.41) is 6.93. The van der Waals surface area contributed by atoms with Gasteiger partial charge in [0.15, 0.2) is 0 Å². The monoisotopic (exact) mass is 221 g/mol. The van der Waals surface area contributed by atoms with E-state index in [2.05, 4.69) is 20.1 Å². The minimum absolute atomic E-state index is 0.424. The Hall–Kier alpha value is -1.26. The maximum atomic E-state index is 5.60. The van der Waals surface area contributed by atoms with Crippen LogP contribution < -0.4 is 10.6 Å². The molecular weight excluding hydrogens is 202 g/mol. The molecule has 0 amide bonds. The van der Waals surface area contributed by atoms with Gasteiger partial charge in [-0.3, -0.25) is 0 Å². The van der Waals surface area contributed by atoms with Gasteiger partial charge in [-0.1, -0.05) is 12.8 Å². The van der Waals surface area contributed by atoms with Crippen LogP contribution in [0.5, 0.6) is 0 Å². The summed E-state index contributed by atoms with van der Waals surface area (Å²) in [4.78, 5) is 6.62. The van der Waals surface area contributed by atoms with E-state index in [4.69, 9.17) is 5.73 Å². The zero-order valence-corrected chi connectivity index (χ0v) is 9.52. The Balaban J connectivity index is 1.82. The van der Waals surface area contributed by atoms with Gasteiger partial charge in [-0.2, -0.15) is 4.98 Å². The Morgan fingerprint density at radius 2 is 2.00 bits per heavy atom. The molecule has 5 heteroatoms. The van der Waals surface area contributed by atoms with Gasteiger partial charge in [0.25, 0.3) is 0 Å². The van der Waals surface area contributed by atoms with Crippen LogP contribution in [0.15, 0.2) is 0 Å². The number of H-pyrrole nitrogens is 1. The first-order valence-electron chi connectivity index (χ1n) is 6.29. The van der Waals surface area contributed by atoms with Crippen LogP contribution in [0.4, 0.5) is 11.9 Å². The fourth-order valence-electron chi connectivity index (χ4n) is 3.27. The van der Waals surface area contributed by atoms with E-state index in [1.165, 1.54) is 38.5 Å². The van der Waals surface area contributed by atoms with E-state index in [0.29, 0.717) is 12.0 Å². The zero-order valence-electron chi connectivity index (χ0n) is 9.52. The molecule has 1 aromatic heterocycles. The highest BCUT2D eigenvalue weighted by atomic mass is 15.4. The molecule has 3 rings (SSSR count). The van der Waals surface area contributed by atoms with Gasteiger partial charge in [0.1, 0.15) is 0 Å². The topological polar surface area (TPSA) is 70.8 Å². The number of nitrogens with two attached hydrogens (primary N) is 1. The molecule has 1 aliphatic carbocycles. The number of aromatic amines is 1. The van der Waals surface area contributed by atoms with E-state index >= 15 is 0 Å². The van der Waals surface area contributed by atoms with Gasteiger partial charge < -0.3 is 10.6 Å². The number of nitrogen functional groups attached to an aromatic ring is 1. The number of anilines is 2. The van der Waals surface area contributed by atoms with Gasteiger partial charge in [0.2, 0.25) is 11.9 Å². The van der Waals surface area contributed by atoms with Crippen molar-refractivity contribution in [3.63, 3.8) is 0 Å². The lowest BCUT2D eigenvalue weighted by molar-refractivity contribution is 0.241. The summed E-state index contributed by atoms with van der Waals surface area (Å²) < 4.78 is 0. The van der Waals surface area contributed by atoms with E-state index in [1.807, 2.05) is 0 Å². The van der Waals surface area contributed by atoms with Crippen molar-refractivity contribution >= 4 is 11.9 Å². The Morgan fingerprint density at radius 1 is 1.19 bits per heavy atom. The third kappa shape index (κ3) is 1.64. The number of aromatic nitrogens is 3. The highest BCUT2D eigenvalue weighted by Crippen LogP contribution is 2.36. The Morgan fingerprint density at radius 3 is 2.81 bits per heavy atom. The molecule has 1 aliphatic heterocycles. The molecule has 3 N–H and O–H groups in total. The molecule has 1 saturated carbocycles. The van der Waals surface area contributed by atoms with Crippen LogP contribution in [0.3, 0.4) is 0 Å². The van der Waals surface area contributed by atoms with Crippen LogP contribution >= 0.6 is 0 Å². The first-order valence-corrected chi connectivity index (χ1v) is 6.29. The second-order valence-corrected chi connectivity index (χ2v) is 4.97. The molecule has 88 valence electrons. The molecule has 2 atom stereocenters. The fourth-order valence-corrected chi connectivity index (χ4v) is 3.27. The number of nitrogens with zero attached hydrogens (tertiary/aromatic N) is 3. The smallest absolute Gasteiger partial charge is 0.246 e. The van der Waals surface area contributed by atoms with E-state index in [0.717, 1.165) is 18.4 Å². The highest BCUT2D eigenvalue weighted by Gasteiger charge is 2.34. The second kappa shape index (κ2) is 3.96. The molecule has 0 spiro atoms. The van der Waals surface area contributed by atoms with Crippen molar-refractivity contribution < 1.29 is 0 Å². The van der Waals surface area contributed by atoms with Crippen molar-refractivity contribution in [3.05, 3.63) is 0 Å². The molecule has 2 heterocycles. The zero-order chi connectivity index (χ0) is 11.0. The van der Waals surface area contributed by atoms with Crippen molar-refractivity contribution in [1.82, 2.24) is 15.2 Å². The lowest BCUT2D eigenvalue weighted by Crippen LogP contribution is -2.47. The molecule has 0 aromatic carbocycles. The number of rotatable bonds is 1. The Labute approximate surface area is 95.4 Å². The van der Waals surface area contributed by atoms with Crippen molar-refractivity contribution in [3.8, 4) is 0 Å². The van der Waals surface area contributed by atoms with Crippen molar-refractivity contribution in [1.29, 1.82) is 0 Å². The number of piperidine rings is 1. The van der Waals surface area contributed by atoms with E-state index in [1.54, 1.807) is 0 Å². The Bertz CT molecular complexity index is 359. The summed E-state index contributed by atoms with van der Waals surface area (Å²) in [6, 6.07) is 0.651. The quantitative estimate of drug-likeness (QED) is 0.754. The van der Waals surface area contributed by atoms with Crippen LogP contribution in [0.2, 0.25) is 0 Å². The average Bonchev–Trinajstić information content (AvgIpc) is 2.75. The van der Waals surface area contributed by atoms with E-state index in [9.17, 15) is 0 Å². The molecule has 0 bridgehead atoms. The van der Waals surface area contributed by atoms with Crippen molar-refractivity contribution in [2.45, 2.75) is 44.6 Å². The molecular formula is C11H19N5. The van der Waals surface area contributed by atoms with Crippen LogP contribution in [0, 0.1) is 5.92 Å². The summed E-state index contributed by atoms with van der Waals surface area (Å²) >= 11 is 0. The highest BCUT2D eigenvalue weighted by molar-refractivity contribution is 5.36. The maximum absolute atomic E-state index is 5.60. The van der Waals surface area contributed by atoms with Crippen molar-refractivity contribution in [2.24, 2.45) is 5.92 Å². The number of hydrogen-bond donors (Lipinski definition) is 2. The van der Waals surface area contributed by atoms with E-state index in [-0.39, 0.29) is 0 Å². The minimum Gasteiger partial charge on any atom is -0.368 e. The fraction of sp³-hybridized carbons (Fsp3) is 0.818. The third-order valence-corrected chi connectivity index (χ3v) is 3.99. The van der Waals surface area contributed by atoms with Gasteiger partial charge in [0.05, 0.1) is 0 Å². The van der Waals surface area contributed by atoms with Gasteiger partial charge in [0, 0.05) is 12.6 Å². The standard InChI is InChI=1S/C11H19N5/c12-10-13-11(15-14-10)16-7-3-5-8-4-1-2-6-9(8)16/h8-9H,1-7H2,(H3,12,13,14,15)/t8-,9-/m1/s1. The Kier molecular flexibility index (Phi) is 2.46. The largest absolute Gasteiger partial charge is 0.368 e. The number of nitrogens with one attached hydrogen (secondary N) is 1. The minimum atomic E-state index is 0.424. The third-order valence-electron chi connectivity index (χ3n) is 3.99. The molecule has 2 fully saturated rings. The summed E-state index contributed by atoms with van der Waals surface area (Å²) in [7, 11) is 0. The second-order valence-electron chi connectivity index (χ2n) is 4.97. The SMILES string of the molecule is Nc1nc(N2CCC[C@H]3CCCC[C@H]32)n[nH]1. The van der Waals surface area contributed by atoms with Crippen LogP contribution in [-0.4, -0.2) is 27.8 Å². The maximum Gasteiger partial charge on any atom is 0.246 e. The molecule has 1 saturated heterocycles. The van der Waals surface area contributed by atoms with Crippen LogP contribution in [0.1, 0.15) is 38.5 Å². The number of fused-ring (bicyclic) bond motifs is 1. The summed E-state index contributed by atoms with van der Waals surface area (Å²) in [6.07, 6.45) is 8.04. The molecule has 2 aliphatic rings. The van der Waals surface area contributed by atoms with Gasteiger partial charge in [-0.25, -0.2) is 5.10 Å². The van der Waals surface area contributed by atoms with E-state index < -0.39 is 0 Å². The van der Waals surface area contributed by atoms with Gasteiger partial charge >= 0.3 is 0 Å². The summed E-state index contributed by atoms with van der Waals surface area (Å²) in [5.74, 6) is 2.07. The van der Waals surface area contributed by atoms with Crippen LogP contribution in [0.25, 0.3) is 0 Å². The molecule has 1 aromatic rings. The predicted molar refractivity (Wildman–Crippen MR) is 63.1 cm³/mol. The normalized spacial score (nSPS) is 30.1. The lowest BCUT2D eigenvalue weighted by Gasteiger charge is -2.43. The molecule has 5 nitrogen and oxygen atoms in total. The van der Waals surface area contributed by atoms with Gasteiger partial charge in [-0.15, -0.1) is 5.10 Å². The first kappa shape index (κ1) is 9.93. The average molecular weight is 221 g/mol. The lowest BCUT2D eigenvalue weighted by atomic mass is 9.78. The van der Waals surface area contributed by atoms with Crippen LogP contribution in [-0.2, 0) is 0 Å². The van der Waals surface area contributed by atoms with Gasteiger partial charge in [-0.05, 0) is 31.6 Å². The summed E-state index contributed by atoms with van der Waals surface area (Å²) in [5.41, 5.74) is 5.60. The van der Waals surface area contributed by atoms with Crippen molar-refractivity contribution in [2.75, 3.05) is 17.2 Å². The summed E-state index contributed by atoms with van der Waals surface area (Å²) in [6.45, 7) is 1.08. The molecule has 16 heavy (non-hydrogen) atoms. The number of hydrogen-bond acceptors (Lipinski definition) is 4. The predicted octanol–water partition coefficient (Wildman–Crippen LogP) is 1.55. The molecule has 0 radical (unpaired) electrons.